The summed E-state index contributed by atoms with van der Waals surface area (Å²) in [5.41, 5.74) is -1.94. The van der Waals surface area contributed by atoms with Crippen LogP contribution in [0.5, 0.6) is 5.75 Å². The summed E-state index contributed by atoms with van der Waals surface area (Å²) in [6.45, 7) is 0. The number of ether oxygens (including phenoxy) is 1. The van der Waals surface area contributed by atoms with Crippen LogP contribution in [0.2, 0.25) is 0 Å². The second-order valence-corrected chi connectivity index (χ2v) is 3.98. The van der Waals surface area contributed by atoms with Crippen LogP contribution >= 0.6 is 0 Å². The van der Waals surface area contributed by atoms with Gasteiger partial charge in [0.05, 0.1) is 18.0 Å². The second kappa shape index (κ2) is 5.80. The molecule has 0 radical (unpaired) electrons. The number of rotatable bonds is 3. The van der Waals surface area contributed by atoms with E-state index in [1.165, 1.54) is 6.07 Å². The quantitative estimate of drug-likeness (QED) is 0.691. The third-order valence-electron chi connectivity index (χ3n) is 2.48. The van der Waals surface area contributed by atoms with Crippen LogP contribution in [-0.2, 0) is 6.18 Å². The molecule has 2 rings (SSSR count). The number of benzene rings is 1. The number of halogens is 3. The zero-order valence-electron chi connectivity index (χ0n) is 10.7. The predicted octanol–water partition coefficient (Wildman–Crippen LogP) is 2.41. The van der Waals surface area contributed by atoms with Gasteiger partial charge >= 0.3 is 18.1 Å². The van der Waals surface area contributed by atoms with Gasteiger partial charge in [0.2, 0.25) is 0 Å². The molecular weight excluding hydrogens is 305 g/mol. The van der Waals surface area contributed by atoms with Gasteiger partial charge in [-0.1, -0.05) is 12.1 Å². The van der Waals surface area contributed by atoms with Crippen LogP contribution < -0.4 is 4.74 Å². The van der Waals surface area contributed by atoms with Crippen molar-refractivity contribution >= 4 is 11.9 Å². The highest BCUT2D eigenvalue weighted by molar-refractivity contribution is 5.90. The standard InChI is InChI=1S/C13H7F3N2O4/c14-13(15,16)7-3-1-2-4-10(7)22-12(21)9-6-17-8(5-18-9)11(19)20/h1-6H,(H,19,20). The average molecular weight is 312 g/mol. The van der Waals surface area contributed by atoms with Gasteiger partial charge in [-0.2, -0.15) is 13.2 Å². The number of carbonyl (C=O) groups excluding carboxylic acids is 1. The Hall–Kier alpha value is -2.97. The minimum Gasteiger partial charge on any atom is -0.476 e. The maximum absolute atomic E-state index is 12.8. The van der Waals surface area contributed by atoms with Crippen molar-refractivity contribution in [1.29, 1.82) is 0 Å². The van der Waals surface area contributed by atoms with Crippen LogP contribution in [-0.4, -0.2) is 27.0 Å². The largest absolute Gasteiger partial charge is 0.476 e. The molecule has 1 heterocycles. The molecule has 114 valence electrons. The number of alkyl halides is 3. The molecule has 0 amide bonds. The molecule has 6 nitrogen and oxygen atoms in total. The lowest BCUT2D eigenvalue weighted by Gasteiger charge is -2.12. The molecule has 22 heavy (non-hydrogen) atoms. The number of nitrogens with zero attached hydrogens (tertiary/aromatic N) is 2. The fourth-order valence-corrected chi connectivity index (χ4v) is 1.49. The van der Waals surface area contributed by atoms with Crippen LogP contribution in [0.25, 0.3) is 0 Å². The van der Waals surface area contributed by atoms with Gasteiger partial charge < -0.3 is 9.84 Å². The Labute approximate surface area is 121 Å². The van der Waals surface area contributed by atoms with Crippen molar-refractivity contribution in [2.24, 2.45) is 0 Å². The van der Waals surface area contributed by atoms with Gasteiger partial charge in [0.1, 0.15) is 5.75 Å². The number of esters is 1. The summed E-state index contributed by atoms with van der Waals surface area (Å²) >= 11 is 0. The van der Waals surface area contributed by atoms with Gasteiger partial charge in [0.15, 0.2) is 11.4 Å². The molecule has 1 aromatic carbocycles. The zero-order valence-corrected chi connectivity index (χ0v) is 10.7. The van der Waals surface area contributed by atoms with Crippen molar-refractivity contribution < 1.29 is 32.6 Å². The molecule has 1 N–H and O–H groups in total. The van der Waals surface area contributed by atoms with E-state index in [1.54, 1.807) is 0 Å². The van der Waals surface area contributed by atoms with Gasteiger partial charge in [0.25, 0.3) is 0 Å². The maximum atomic E-state index is 12.8. The highest BCUT2D eigenvalue weighted by atomic mass is 19.4. The third-order valence-corrected chi connectivity index (χ3v) is 2.48. The van der Waals surface area contributed by atoms with E-state index in [4.69, 9.17) is 5.11 Å². The van der Waals surface area contributed by atoms with Crippen molar-refractivity contribution in [3.05, 3.63) is 53.6 Å². The number of hydrogen-bond donors (Lipinski definition) is 1. The summed E-state index contributed by atoms with van der Waals surface area (Å²) in [5.74, 6) is -3.21. The van der Waals surface area contributed by atoms with E-state index >= 15 is 0 Å². The molecule has 2 aromatic rings. The fourth-order valence-electron chi connectivity index (χ4n) is 1.49. The van der Waals surface area contributed by atoms with E-state index in [0.29, 0.717) is 0 Å². The molecule has 0 aliphatic carbocycles. The Morgan fingerprint density at radius 1 is 1.05 bits per heavy atom. The number of para-hydroxylation sites is 1. The van der Waals surface area contributed by atoms with Gasteiger partial charge in [-0.15, -0.1) is 0 Å². The van der Waals surface area contributed by atoms with E-state index in [9.17, 15) is 22.8 Å². The van der Waals surface area contributed by atoms with Crippen LogP contribution in [0, 0.1) is 0 Å². The minimum absolute atomic E-state index is 0.410. The first-order valence-corrected chi connectivity index (χ1v) is 5.73. The van der Waals surface area contributed by atoms with Crippen LogP contribution in [0.15, 0.2) is 36.7 Å². The zero-order chi connectivity index (χ0) is 16.3. The summed E-state index contributed by atoms with van der Waals surface area (Å²) in [6, 6.07) is 4.18. The van der Waals surface area contributed by atoms with Gasteiger partial charge in [-0.25, -0.2) is 19.6 Å². The number of aromatic nitrogens is 2. The first-order chi connectivity index (χ1) is 10.3. The molecule has 0 spiro atoms. The Bertz CT molecular complexity index is 714. The van der Waals surface area contributed by atoms with Crippen LogP contribution in [0.4, 0.5) is 13.2 Å². The number of carboxylic acids is 1. The highest BCUT2D eigenvalue weighted by Crippen LogP contribution is 2.36. The highest BCUT2D eigenvalue weighted by Gasteiger charge is 2.34. The first-order valence-electron chi connectivity index (χ1n) is 5.73. The second-order valence-electron chi connectivity index (χ2n) is 3.98. The number of hydrogen-bond acceptors (Lipinski definition) is 5. The summed E-state index contributed by atoms with van der Waals surface area (Å²) in [4.78, 5) is 29.2. The van der Waals surface area contributed by atoms with Crippen molar-refractivity contribution in [2.75, 3.05) is 0 Å². The molecule has 0 saturated heterocycles. The lowest BCUT2D eigenvalue weighted by Crippen LogP contribution is -2.15. The molecule has 0 fully saturated rings. The van der Waals surface area contributed by atoms with E-state index in [2.05, 4.69) is 14.7 Å². The molecule has 0 atom stereocenters. The number of carboxylic acid groups (broad SMARTS) is 1. The van der Waals surface area contributed by atoms with Gasteiger partial charge in [-0.05, 0) is 12.1 Å². The smallest absolute Gasteiger partial charge is 0.419 e. The van der Waals surface area contributed by atoms with Gasteiger partial charge in [0, 0.05) is 0 Å². The first kappa shape index (κ1) is 15.4. The molecule has 0 aliphatic heterocycles. The van der Waals surface area contributed by atoms with Crippen molar-refractivity contribution in [1.82, 2.24) is 9.97 Å². The molecule has 1 aromatic heterocycles. The van der Waals surface area contributed by atoms with E-state index < -0.39 is 40.8 Å². The Morgan fingerprint density at radius 3 is 2.18 bits per heavy atom. The Kier molecular flexibility index (Phi) is 4.06. The summed E-state index contributed by atoms with van der Waals surface area (Å²) in [7, 11) is 0. The fraction of sp³-hybridized carbons (Fsp3) is 0.0769. The molecule has 0 saturated carbocycles. The van der Waals surface area contributed by atoms with E-state index in [1.807, 2.05) is 0 Å². The van der Waals surface area contributed by atoms with Crippen LogP contribution in [0.3, 0.4) is 0 Å². The molecule has 0 aliphatic rings. The number of aromatic carboxylic acids is 1. The molecular formula is C13H7F3N2O4. The molecule has 0 bridgehead atoms. The molecule has 0 unspecified atom stereocenters. The Balaban J connectivity index is 2.24. The predicted molar refractivity (Wildman–Crippen MR) is 65.4 cm³/mol. The molecule has 9 heteroatoms. The monoisotopic (exact) mass is 312 g/mol. The Morgan fingerprint density at radius 2 is 1.64 bits per heavy atom. The van der Waals surface area contributed by atoms with Gasteiger partial charge in [-0.3, -0.25) is 0 Å². The van der Waals surface area contributed by atoms with Crippen molar-refractivity contribution in [2.45, 2.75) is 6.18 Å². The normalized spacial score (nSPS) is 11.0. The van der Waals surface area contributed by atoms with E-state index in [-0.39, 0.29) is 0 Å². The average Bonchev–Trinajstić information content (AvgIpc) is 2.46. The van der Waals surface area contributed by atoms with Crippen molar-refractivity contribution in [3.63, 3.8) is 0 Å². The van der Waals surface area contributed by atoms with Crippen molar-refractivity contribution in [3.8, 4) is 5.75 Å². The summed E-state index contributed by atoms with van der Waals surface area (Å²) in [5, 5.41) is 8.63. The third kappa shape index (κ3) is 3.37. The SMILES string of the molecule is O=C(O)c1cnc(C(=O)Oc2ccccc2C(F)(F)F)cn1. The van der Waals surface area contributed by atoms with Crippen LogP contribution in [0.1, 0.15) is 26.5 Å². The summed E-state index contributed by atoms with van der Waals surface area (Å²) in [6.07, 6.45) is -3.08. The minimum atomic E-state index is -4.68. The topological polar surface area (TPSA) is 89.4 Å². The van der Waals surface area contributed by atoms with E-state index in [0.717, 1.165) is 30.6 Å². The number of carbonyl (C=O) groups is 2. The lowest BCUT2D eigenvalue weighted by molar-refractivity contribution is -0.138. The lowest BCUT2D eigenvalue weighted by atomic mass is 10.2. The maximum Gasteiger partial charge on any atom is 0.419 e. The summed E-state index contributed by atoms with van der Waals surface area (Å²) < 4.78 is 42.9.